The van der Waals surface area contributed by atoms with Gasteiger partial charge in [-0.3, -0.25) is 0 Å². The third kappa shape index (κ3) is 9.80. The summed E-state index contributed by atoms with van der Waals surface area (Å²) in [6.07, 6.45) is 10.0. The average Bonchev–Trinajstić information content (AvgIpc) is 2.41. The zero-order valence-corrected chi connectivity index (χ0v) is 16.9. The van der Waals surface area contributed by atoms with E-state index in [1.54, 1.807) is 0 Å². The fourth-order valence-electron chi connectivity index (χ4n) is 2.68. The van der Waals surface area contributed by atoms with Crippen LogP contribution in [0.5, 0.6) is 0 Å². The fourth-order valence-corrected chi connectivity index (χ4v) is 2.68. The van der Waals surface area contributed by atoms with Gasteiger partial charge in [0.1, 0.15) is 0 Å². The average molecular weight is 300 g/mol. The van der Waals surface area contributed by atoms with Gasteiger partial charge in [-0.25, -0.2) is 0 Å². The van der Waals surface area contributed by atoms with Crippen LogP contribution in [0.4, 0.5) is 0 Å². The van der Waals surface area contributed by atoms with Crippen LogP contribution in [-0.4, -0.2) is 11.9 Å². The molecule has 6 heteroatoms. The Balaban J connectivity index is 0. The van der Waals surface area contributed by atoms with Gasteiger partial charge in [-0.1, -0.05) is 38.5 Å². The van der Waals surface area contributed by atoms with Gasteiger partial charge in [-0.05, 0) is 37.5 Å². The van der Waals surface area contributed by atoms with Crippen LogP contribution < -0.4 is 69.3 Å². The van der Waals surface area contributed by atoms with Crippen LogP contribution in [0.1, 0.15) is 64.2 Å². The summed E-state index contributed by atoms with van der Waals surface area (Å²) in [6, 6.07) is 0. The smallest absolute Gasteiger partial charge is 0.550 e. The van der Waals surface area contributed by atoms with Crippen molar-refractivity contribution >= 4 is 11.9 Å². The number of hydrogen-bond donors (Lipinski definition) is 0. The number of carbonyl (C=O) groups is 2. The molecule has 0 spiro atoms. The summed E-state index contributed by atoms with van der Waals surface area (Å²) < 4.78 is 0. The van der Waals surface area contributed by atoms with Gasteiger partial charge in [0.05, 0.1) is 0 Å². The van der Waals surface area contributed by atoms with E-state index in [1.165, 1.54) is 12.8 Å². The van der Waals surface area contributed by atoms with Gasteiger partial charge in [-0.2, -0.15) is 0 Å². The molecule has 0 saturated heterocycles. The molecule has 2 fully saturated rings. The first-order valence-electron chi connectivity index (χ1n) is 7.03. The van der Waals surface area contributed by atoms with Crippen LogP contribution in [-0.2, 0) is 9.59 Å². The van der Waals surface area contributed by atoms with Crippen molar-refractivity contribution < 1.29 is 78.9 Å². The Morgan fingerprint density at radius 1 is 0.600 bits per heavy atom. The molecule has 2 rings (SSSR count). The second kappa shape index (κ2) is 13.6. The molecule has 2 saturated carbocycles. The van der Waals surface area contributed by atoms with E-state index in [2.05, 4.69) is 0 Å². The second-order valence-electron chi connectivity index (χ2n) is 5.31. The Morgan fingerprint density at radius 3 is 1.00 bits per heavy atom. The molecule has 0 radical (unpaired) electrons. The molecule has 0 aromatic heterocycles. The molecule has 0 unspecified atom stereocenters. The van der Waals surface area contributed by atoms with Gasteiger partial charge >= 0.3 is 59.1 Å². The van der Waals surface area contributed by atoms with Gasteiger partial charge in [0.2, 0.25) is 0 Å². The standard InChI is InChI=1S/2C7H12O2.2Na/c2*8-7(9)6-4-2-1-3-5-6;;/h2*6H,1-5H2,(H,8,9);;/q;;2*+1/p-2. The molecule has 0 bridgehead atoms. The minimum atomic E-state index is -0.852. The number of carboxylic acid groups (broad SMARTS) is 2. The van der Waals surface area contributed by atoms with E-state index in [1.807, 2.05) is 0 Å². The Morgan fingerprint density at radius 2 is 0.850 bits per heavy atom. The van der Waals surface area contributed by atoms with Gasteiger partial charge in [0.25, 0.3) is 0 Å². The summed E-state index contributed by atoms with van der Waals surface area (Å²) in [4.78, 5) is 20.5. The third-order valence-corrected chi connectivity index (χ3v) is 3.88. The van der Waals surface area contributed by atoms with E-state index >= 15 is 0 Å². The van der Waals surface area contributed by atoms with E-state index < -0.39 is 11.9 Å². The molecule has 20 heavy (non-hydrogen) atoms. The van der Waals surface area contributed by atoms with Crippen LogP contribution in [0.3, 0.4) is 0 Å². The maximum atomic E-state index is 10.2. The minimum absolute atomic E-state index is 0. The molecule has 2 aliphatic carbocycles. The molecular weight excluding hydrogens is 278 g/mol. The first kappa shape index (κ1) is 23.2. The van der Waals surface area contributed by atoms with Gasteiger partial charge in [0, 0.05) is 11.9 Å². The maximum absolute atomic E-state index is 10.2. The van der Waals surface area contributed by atoms with E-state index in [0.29, 0.717) is 0 Å². The van der Waals surface area contributed by atoms with Crippen molar-refractivity contribution in [2.75, 3.05) is 0 Å². The van der Waals surface area contributed by atoms with Crippen LogP contribution in [0.25, 0.3) is 0 Å². The monoisotopic (exact) mass is 300 g/mol. The summed E-state index contributed by atoms with van der Waals surface area (Å²) in [5, 5.41) is 20.5. The second-order valence-corrected chi connectivity index (χ2v) is 5.31. The van der Waals surface area contributed by atoms with Crippen LogP contribution in [0, 0.1) is 11.8 Å². The summed E-state index contributed by atoms with van der Waals surface area (Å²) in [7, 11) is 0. The molecule has 104 valence electrons. The zero-order chi connectivity index (χ0) is 13.4. The largest absolute Gasteiger partial charge is 1.00 e. The van der Waals surface area contributed by atoms with Gasteiger partial charge < -0.3 is 19.8 Å². The van der Waals surface area contributed by atoms with Crippen molar-refractivity contribution in [3.63, 3.8) is 0 Å². The summed E-state index contributed by atoms with van der Waals surface area (Å²) >= 11 is 0. The molecule has 0 aliphatic heterocycles. The topological polar surface area (TPSA) is 80.3 Å². The van der Waals surface area contributed by atoms with Crippen LogP contribution in [0.2, 0.25) is 0 Å². The number of carbonyl (C=O) groups excluding carboxylic acids is 2. The number of hydrogen-bond acceptors (Lipinski definition) is 4. The van der Waals surface area contributed by atoms with Gasteiger partial charge in [-0.15, -0.1) is 0 Å². The Hall–Kier alpha value is 0.940. The van der Waals surface area contributed by atoms with E-state index in [0.717, 1.165) is 51.4 Å². The predicted molar refractivity (Wildman–Crippen MR) is 63.2 cm³/mol. The third-order valence-electron chi connectivity index (χ3n) is 3.88. The first-order valence-corrected chi connectivity index (χ1v) is 7.03. The number of carboxylic acids is 2. The Labute approximate surface area is 165 Å². The molecule has 0 atom stereocenters. The van der Waals surface area contributed by atoms with E-state index in [4.69, 9.17) is 0 Å². The quantitative estimate of drug-likeness (QED) is 0.477. The molecule has 0 heterocycles. The number of rotatable bonds is 2. The summed E-state index contributed by atoms with van der Waals surface area (Å²) in [6.45, 7) is 0. The zero-order valence-electron chi connectivity index (χ0n) is 12.9. The summed E-state index contributed by atoms with van der Waals surface area (Å²) in [5.41, 5.74) is 0. The van der Waals surface area contributed by atoms with Crippen molar-refractivity contribution in [3.05, 3.63) is 0 Å². The van der Waals surface area contributed by atoms with Gasteiger partial charge in [0.15, 0.2) is 0 Å². The van der Waals surface area contributed by atoms with Crippen LogP contribution >= 0.6 is 0 Å². The van der Waals surface area contributed by atoms with E-state index in [-0.39, 0.29) is 71.0 Å². The minimum Gasteiger partial charge on any atom is -0.550 e. The molecule has 2 aliphatic rings. The molecule has 4 nitrogen and oxygen atoms in total. The molecule has 0 amide bonds. The van der Waals surface area contributed by atoms with Crippen molar-refractivity contribution in [2.45, 2.75) is 64.2 Å². The van der Waals surface area contributed by atoms with E-state index in [9.17, 15) is 19.8 Å². The molecular formula is C14H22Na2O4. The number of aliphatic carboxylic acids is 2. The Kier molecular flexibility index (Phi) is 15.8. The molecule has 0 aromatic rings. The molecule has 0 aromatic carbocycles. The SMILES string of the molecule is O=C([O-])C1CCCCC1.O=C([O-])C1CCCCC1.[Na+].[Na+]. The van der Waals surface area contributed by atoms with Crippen molar-refractivity contribution in [1.29, 1.82) is 0 Å². The fraction of sp³-hybridized carbons (Fsp3) is 0.857. The normalized spacial score (nSPS) is 19.6. The maximum Gasteiger partial charge on any atom is 1.00 e. The summed E-state index contributed by atoms with van der Waals surface area (Å²) in [5.74, 6) is -1.98. The van der Waals surface area contributed by atoms with Crippen molar-refractivity contribution in [3.8, 4) is 0 Å². The van der Waals surface area contributed by atoms with Crippen LogP contribution in [0.15, 0.2) is 0 Å². The van der Waals surface area contributed by atoms with Crippen molar-refractivity contribution in [2.24, 2.45) is 11.8 Å². The first-order chi connectivity index (χ1) is 8.61. The molecule has 0 N–H and O–H groups in total. The predicted octanol–water partition coefficient (Wildman–Crippen LogP) is -5.36. The van der Waals surface area contributed by atoms with Crippen molar-refractivity contribution in [1.82, 2.24) is 0 Å². The Bertz CT molecular complexity index is 244.